The molecule has 0 radical (unpaired) electrons. The van der Waals surface area contributed by atoms with Gasteiger partial charge in [0.25, 0.3) is 0 Å². The first-order chi connectivity index (χ1) is 13.0. The highest BCUT2D eigenvalue weighted by atomic mass is 19.1. The number of carbonyl (C=O) groups excluding carboxylic acids is 1. The van der Waals surface area contributed by atoms with Crippen molar-refractivity contribution in [2.75, 3.05) is 33.9 Å². The van der Waals surface area contributed by atoms with E-state index in [4.69, 9.17) is 9.47 Å². The molecule has 0 saturated heterocycles. The first-order valence-electron chi connectivity index (χ1n) is 9.03. The molecule has 1 N–H and O–H groups in total. The van der Waals surface area contributed by atoms with E-state index in [1.165, 1.54) is 12.1 Å². The molecule has 0 bridgehead atoms. The van der Waals surface area contributed by atoms with Crippen LogP contribution in [0.1, 0.15) is 11.1 Å². The summed E-state index contributed by atoms with van der Waals surface area (Å²) in [6, 6.07) is 12.2. The Morgan fingerprint density at radius 3 is 2.81 bits per heavy atom. The lowest BCUT2D eigenvalue weighted by atomic mass is 9.96. The van der Waals surface area contributed by atoms with Crippen molar-refractivity contribution in [3.05, 3.63) is 59.4 Å². The number of carbonyl (C=O) groups is 1. The lowest BCUT2D eigenvalue weighted by Crippen LogP contribution is -2.39. The van der Waals surface area contributed by atoms with Crippen molar-refractivity contribution in [3.8, 4) is 11.5 Å². The summed E-state index contributed by atoms with van der Waals surface area (Å²) in [5, 5.41) is 2.99. The van der Waals surface area contributed by atoms with Crippen molar-refractivity contribution in [1.82, 2.24) is 10.2 Å². The molecule has 1 atom stereocenters. The average molecular weight is 372 g/mol. The number of nitrogens with zero attached hydrogens (tertiary/aromatic N) is 1. The van der Waals surface area contributed by atoms with Gasteiger partial charge in [-0.25, -0.2) is 4.39 Å². The van der Waals surface area contributed by atoms with Crippen LogP contribution in [0.3, 0.4) is 0 Å². The largest absolute Gasteiger partial charge is 0.497 e. The summed E-state index contributed by atoms with van der Waals surface area (Å²) in [5.74, 6) is 1.60. The Balaban J connectivity index is 1.43. The minimum absolute atomic E-state index is 0.0276. The summed E-state index contributed by atoms with van der Waals surface area (Å²) in [6.45, 7) is 2.04. The van der Waals surface area contributed by atoms with Crippen LogP contribution in [0.4, 0.5) is 4.39 Å². The number of amides is 1. The van der Waals surface area contributed by atoms with Gasteiger partial charge in [0.15, 0.2) is 0 Å². The number of benzene rings is 2. The van der Waals surface area contributed by atoms with Crippen LogP contribution in [-0.4, -0.2) is 44.7 Å². The van der Waals surface area contributed by atoms with E-state index in [0.29, 0.717) is 26.2 Å². The zero-order chi connectivity index (χ0) is 19.2. The number of ether oxygens (including phenoxy) is 2. The van der Waals surface area contributed by atoms with Crippen LogP contribution in [0.15, 0.2) is 42.5 Å². The maximum Gasteiger partial charge on any atom is 0.234 e. The number of fused-ring (bicyclic) bond motifs is 1. The molecule has 0 saturated carbocycles. The second kappa shape index (κ2) is 8.86. The van der Waals surface area contributed by atoms with Gasteiger partial charge in [-0.05, 0) is 42.8 Å². The van der Waals surface area contributed by atoms with Gasteiger partial charge < -0.3 is 14.8 Å². The van der Waals surface area contributed by atoms with Crippen LogP contribution in [-0.2, 0) is 17.8 Å². The SMILES string of the molecule is COc1ccc2c(c1)OC[C@H](CNC(=O)CN(C)Cc1ccc(F)cc1)C2. The van der Waals surface area contributed by atoms with Gasteiger partial charge in [-0.3, -0.25) is 9.69 Å². The number of likely N-dealkylation sites (N-methyl/N-ethyl adjacent to an activating group) is 1. The molecule has 0 fully saturated rings. The molecule has 0 aliphatic carbocycles. The van der Waals surface area contributed by atoms with E-state index in [1.54, 1.807) is 19.2 Å². The lowest BCUT2D eigenvalue weighted by molar-refractivity contribution is -0.122. The highest BCUT2D eigenvalue weighted by Crippen LogP contribution is 2.30. The molecular formula is C21H25FN2O3. The first-order valence-corrected chi connectivity index (χ1v) is 9.03. The van der Waals surface area contributed by atoms with Crippen molar-refractivity contribution in [1.29, 1.82) is 0 Å². The van der Waals surface area contributed by atoms with E-state index in [-0.39, 0.29) is 17.6 Å². The summed E-state index contributed by atoms with van der Waals surface area (Å²) < 4.78 is 24.0. The minimum atomic E-state index is -0.256. The van der Waals surface area contributed by atoms with E-state index >= 15 is 0 Å². The molecule has 27 heavy (non-hydrogen) atoms. The fraction of sp³-hybridized carbons (Fsp3) is 0.381. The molecule has 0 unspecified atom stereocenters. The van der Waals surface area contributed by atoms with Crippen LogP contribution in [0.2, 0.25) is 0 Å². The molecule has 1 aliphatic rings. The predicted molar refractivity (Wildman–Crippen MR) is 101 cm³/mol. The van der Waals surface area contributed by atoms with Crippen molar-refractivity contribution in [2.24, 2.45) is 5.92 Å². The molecule has 144 valence electrons. The normalized spacial score (nSPS) is 15.8. The summed E-state index contributed by atoms with van der Waals surface area (Å²) >= 11 is 0. The van der Waals surface area contributed by atoms with Gasteiger partial charge in [-0.1, -0.05) is 18.2 Å². The standard InChI is InChI=1S/C21H25FN2O3/c1-24(12-15-3-6-18(22)7-4-15)13-21(25)23-11-16-9-17-5-8-19(26-2)10-20(17)27-14-16/h3-8,10,16H,9,11-14H2,1-2H3,(H,23,25)/t16-/m0/s1. The zero-order valence-electron chi connectivity index (χ0n) is 15.7. The average Bonchev–Trinajstić information content (AvgIpc) is 2.67. The maximum absolute atomic E-state index is 12.9. The molecular weight excluding hydrogens is 347 g/mol. The van der Waals surface area contributed by atoms with Crippen LogP contribution < -0.4 is 14.8 Å². The third-order valence-corrected chi connectivity index (χ3v) is 4.62. The number of hydrogen-bond acceptors (Lipinski definition) is 4. The molecule has 2 aromatic carbocycles. The fourth-order valence-electron chi connectivity index (χ4n) is 3.19. The van der Waals surface area contributed by atoms with Crippen molar-refractivity contribution < 1.29 is 18.7 Å². The topological polar surface area (TPSA) is 50.8 Å². The van der Waals surface area contributed by atoms with E-state index in [9.17, 15) is 9.18 Å². The fourth-order valence-corrected chi connectivity index (χ4v) is 3.19. The molecule has 0 spiro atoms. The van der Waals surface area contributed by atoms with Crippen LogP contribution >= 0.6 is 0 Å². The second-order valence-corrected chi connectivity index (χ2v) is 6.96. The number of hydrogen-bond donors (Lipinski definition) is 1. The van der Waals surface area contributed by atoms with E-state index in [2.05, 4.69) is 5.32 Å². The number of halogens is 1. The van der Waals surface area contributed by atoms with Gasteiger partial charge in [0.2, 0.25) is 5.91 Å². The van der Waals surface area contributed by atoms with Gasteiger partial charge in [0.1, 0.15) is 17.3 Å². The summed E-state index contributed by atoms with van der Waals surface area (Å²) in [6.07, 6.45) is 0.866. The zero-order valence-corrected chi connectivity index (χ0v) is 15.7. The summed E-state index contributed by atoms with van der Waals surface area (Å²) in [4.78, 5) is 14.1. The van der Waals surface area contributed by atoms with Gasteiger partial charge >= 0.3 is 0 Å². The van der Waals surface area contributed by atoms with Crippen molar-refractivity contribution in [2.45, 2.75) is 13.0 Å². The molecule has 3 rings (SSSR count). The highest BCUT2D eigenvalue weighted by molar-refractivity contribution is 5.78. The molecule has 1 amide bonds. The quantitative estimate of drug-likeness (QED) is 0.812. The summed E-state index contributed by atoms with van der Waals surface area (Å²) in [5.41, 5.74) is 2.11. The van der Waals surface area contributed by atoms with E-state index in [1.807, 2.05) is 30.1 Å². The third kappa shape index (κ3) is 5.44. The van der Waals surface area contributed by atoms with Gasteiger partial charge in [-0.2, -0.15) is 0 Å². The lowest BCUT2D eigenvalue weighted by Gasteiger charge is -2.26. The Kier molecular flexibility index (Phi) is 6.29. The number of methoxy groups -OCH3 is 1. The van der Waals surface area contributed by atoms with Gasteiger partial charge in [0.05, 0.1) is 20.3 Å². The Morgan fingerprint density at radius 1 is 1.30 bits per heavy atom. The van der Waals surface area contributed by atoms with Gasteiger partial charge in [-0.15, -0.1) is 0 Å². The smallest absolute Gasteiger partial charge is 0.234 e. The molecule has 6 heteroatoms. The Labute approximate surface area is 159 Å². The Hall–Kier alpha value is -2.60. The maximum atomic E-state index is 12.9. The van der Waals surface area contributed by atoms with Crippen LogP contribution in [0, 0.1) is 11.7 Å². The monoisotopic (exact) mass is 372 g/mol. The van der Waals surface area contributed by atoms with Crippen molar-refractivity contribution in [3.63, 3.8) is 0 Å². The molecule has 5 nitrogen and oxygen atoms in total. The number of nitrogens with one attached hydrogen (secondary N) is 1. The predicted octanol–water partition coefficient (Wildman–Crippen LogP) is 2.63. The first kappa shape index (κ1) is 19.2. The molecule has 1 heterocycles. The Morgan fingerprint density at radius 2 is 2.07 bits per heavy atom. The van der Waals surface area contributed by atoms with Gasteiger partial charge in [0, 0.05) is 25.1 Å². The van der Waals surface area contributed by atoms with Crippen LogP contribution in [0.5, 0.6) is 11.5 Å². The molecule has 1 aliphatic heterocycles. The minimum Gasteiger partial charge on any atom is -0.497 e. The summed E-state index contributed by atoms with van der Waals surface area (Å²) in [7, 11) is 3.51. The van der Waals surface area contributed by atoms with Crippen molar-refractivity contribution >= 4 is 5.91 Å². The van der Waals surface area contributed by atoms with E-state index < -0.39 is 0 Å². The molecule has 0 aromatic heterocycles. The Bertz CT molecular complexity index is 779. The molecule has 2 aromatic rings. The third-order valence-electron chi connectivity index (χ3n) is 4.62. The van der Waals surface area contributed by atoms with E-state index in [0.717, 1.165) is 29.0 Å². The highest BCUT2D eigenvalue weighted by Gasteiger charge is 2.21. The number of rotatable bonds is 7. The van der Waals surface area contributed by atoms with Crippen LogP contribution in [0.25, 0.3) is 0 Å². The second-order valence-electron chi connectivity index (χ2n) is 6.96.